The molecule has 0 aromatic carbocycles. The second-order valence-corrected chi connectivity index (χ2v) is 5.95. The van der Waals surface area contributed by atoms with E-state index in [9.17, 15) is 4.89 Å². The van der Waals surface area contributed by atoms with Gasteiger partial charge in [-0.1, -0.05) is 0 Å². The van der Waals surface area contributed by atoms with Crippen molar-refractivity contribution in [2.24, 2.45) is 0 Å². The van der Waals surface area contributed by atoms with Gasteiger partial charge in [0.2, 0.25) is 0 Å². The van der Waals surface area contributed by atoms with Gasteiger partial charge in [0.15, 0.2) is 0 Å². The van der Waals surface area contributed by atoms with Gasteiger partial charge < -0.3 is 0 Å². The van der Waals surface area contributed by atoms with Crippen LogP contribution in [-0.4, -0.2) is 47.6 Å². The Kier molecular flexibility index (Phi) is 5.94. The van der Waals surface area contributed by atoms with E-state index in [0.717, 1.165) is 13.0 Å². The van der Waals surface area contributed by atoms with Crippen LogP contribution < -0.4 is 5.09 Å². The predicted octanol–water partition coefficient (Wildman–Crippen LogP) is 1.45. The molecule has 7 heteroatoms. The maximum atomic E-state index is 10.2. The quantitative estimate of drug-likeness (QED) is 0.581. The molecule has 1 heterocycles. The summed E-state index contributed by atoms with van der Waals surface area (Å²) in [6.45, 7) is 2.61. The molecule has 0 radical (unpaired) electrons. The van der Waals surface area contributed by atoms with Crippen LogP contribution in [0.25, 0.3) is 0 Å². The summed E-state index contributed by atoms with van der Waals surface area (Å²) in [6.07, 6.45) is 0.932. The summed E-state index contributed by atoms with van der Waals surface area (Å²) in [5.41, 5.74) is 0. The molecule has 0 saturated carbocycles. The molecule has 0 aromatic heterocycles. The molecule has 1 unspecified atom stereocenters. The largest absolute Gasteiger partial charge is 0.431 e. The van der Waals surface area contributed by atoms with Gasteiger partial charge in [-0.25, -0.2) is 0 Å². The summed E-state index contributed by atoms with van der Waals surface area (Å²) in [6, 6.07) is 0. The minimum atomic E-state index is -2.59. The molecule has 1 atom stereocenters. The standard InChI is InChI=1S/C7H16Cl2N2O2P/c8-2-4-10-14(12)11(6-3-9)5-1-7-13-14/h10,12H,1-7H2/q+1. The molecule has 0 aromatic rings. The number of nitrogens with zero attached hydrogens (tertiary/aromatic N) is 1. The van der Waals surface area contributed by atoms with Gasteiger partial charge >= 0.3 is 8.02 Å². The molecule has 14 heavy (non-hydrogen) atoms. The van der Waals surface area contributed by atoms with Crippen molar-refractivity contribution in [2.75, 3.05) is 38.0 Å². The Morgan fingerprint density at radius 3 is 2.86 bits per heavy atom. The van der Waals surface area contributed by atoms with Crippen molar-refractivity contribution in [1.82, 2.24) is 9.76 Å². The highest BCUT2D eigenvalue weighted by atomic mass is 35.5. The lowest BCUT2D eigenvalue weighted by molar-refractivity contribution is 0.178. The average Bonchev–Trinajstić information content (AvgIpc) is 2.19. The molecule has 0 amide bonds. The summed E-state index contributed by atoms with van der Waals surface area (Å²) >= 11 is 11.2. The third-order valence-corrected chi connectivity index (χ3v) is 4.67. The van der Waals surface area contributed by atoms with E-state index in [0.29, 0.717) is 31.5 Å². The zero-order chi connectivity index (χ0) is 10.4. The smallest absolute Gasteiger partial charge is 0.187 e. The van der Waals surface area contributed by atoms with Crippen LogP contribution in [0.4, 0.5) is 0 Å². The highest BCUT2D eigenvalue weighted by molar-refractivity contribution is 7.61. The molecule has 2 N–H and O–H groups in total. The van der Waals surface area contributed by atoms with E-state index < -0.39 is 8.02 Å². The van der Waals surface area contributed by atoms with Crippen molar-refractivity contribution in [3.05, 3.63) is 0 Å². The first-order chi connectivity index (χ1) is 6.73. The van der Waals surface area contributed by atoms with Gasteiger partial charge in [-0.2, -0.15) is 9.42 Å². The SMILES string of the molecule is O[P+]1(NCCCl)OCCCN1CCCl. The predicted molar refractivity (Wildman–Crippen MR) is 60.7 cm³/mol. The van der Waals surface area contributed by atoms with E-state index in [4.69, 9.17) is 27.7 Å². The van der Waals surface area contributed by atoms with Crippen molar-refractivity contribution in [3.8, 4) is 0 Å². The Morgan fingerprint density at radius 2 is 2.21 bits per heavy atom. The number of alkyl halides is 2. The molecular weight excluding hydrogens is 246 g/mol. The van der Waals surface area contributed by atoms with Crippen molar-refractivity contribution >= 4 is 31.2 Å². The Bertz CT molecular complexity index is 176. The van der Waals surface area contributed by atoms with E-state index in [2.05, 4.69) is 5.09 Å². The molecule has 1 aliphatic heterocycles. The van der Waals surface area contributed by atoms with Gasteiger partial charge in [0, 0.05) is 18.3 Å². The van der Waals surface area contributed by atoms with Crippen LogP contribution in [0, 0.1) is 0 Å². The Labute approximate surface area is 95.1 Å². The Hall–Kier alpha value is 0.850. The second kappa shape index (κ2) is 6.44. The molecule has 0 bridgehead atoms. The van der Waals surface area contributed by atoms with Crippen molar-refractivity contribution < 1.29 is 9.42 Å². The number of hydrogen-bond donors (Lipinski definition) is 2. The Balaban J connectivity index is 2.49. The average molecular weight is 262 g/mol. The lowest BCUT2D eigenvalue weighted by Gasteiger charge is -2.31. The van der Waals surface area contributed by atoms with E-state index in [-0.39, 0.29) is 0 Å². The normalized spacial score (nSPS) is 29.4. The topological polar surface area (TPSA) is 44.7 Å². The lowest BCUT2D eigenvalue weighted by Crippen LogP contribution is -2.40. The van der Waals surface area contributed by atoms with Crippen LogP contribution in [-0.2, 0) is 4.52 Å². The first-order valence-corrected chi connectivity index (χ1v) is 7.30. The van der Waals surface area contributed by atoms with E-state index in [1.807, 2.05) is 4.67 Å². The molecule has 4 nitrogen and oxygen atoms in total. The molecule has 1 fully saturated rings. The molecule has 0 spiro atoms. The summed E-state index contributed by atoms with van der Waals surface area (Å²) < 4.78 is 7.28. The summed E-state index contributed by atoms with van der Waals surface area (Å²) in [4.78, 5) is 10.2. The van der Waals surface area contributed by atoms with Crippen LogP contribution >= 0.6 is 31.2 Å². The van der Waals surface area contributed by atoms with E-state index in [1.54, 1.807) is 0 Å². The maximum absolute atomic E-state index is 10.2. The van der Waals surface area contributed by atoms with Crippen LogP contribution in [0.5, 0.6) is 0 Å². The zero-order valence-electron chi connectivity index (χ0n) is 7.96. The van der Waals surface area contributed by atoms with Crippen molar-refractivity contribution in [2.45, 2.75) is 6.42 Å². The first-order valence-electron chi connectivity index (χ1n) is 4.62. The van der Waals surface area contributed by atoms with Crippen LogP contribution in [0.15, 0.2) is 0 Å². The third kappa shape index (κ3) is 3.46. The molecule has 84 valence electrons. The fourth-order valence-corrected chi connectivity index (χ4v) is 3.91. The highest BCUT2D eigenvalue weighted by Crippen LogP contribution is 2.56. The van der Waals surface area contributed by atoms with Crippen LogP contribution in [0.2, 0.25) is 0 Å². The van der Waals surface area contributed by atoms with Gasteiger partial charge in [-0.3, -0.25) is 0 Å². The lowest BCUT2D eigenvalue weighted by atomic mass is 10.4. The van der Waals surface area contributed by atoms with Gasteiger partial charge in [0.1, 0.15) is 0 Å². The number of nitrogens with one attached hydrogen (secondary N) is 1. The first kappa shape index (κ1) is 12.9. The van der Waals surface area contributed by atoms with Crippen LogP contribution in [0.3, 0.4) is 0 Å². The Morgan fingerprint density at radius 1 is 1.43 bits per heavy atom. The molecule has 1 rings (SSSR count). The summed E-state index contributed by atoms with van der Waals surface area (Å²) in [5, 5.41) is 2.96. The number of hydrogen-bond acceptors (Lipinski definition) is 4. The number of rotatable bonds is 5. The zero-order valence-corrected chi connectivity index (χ0v) is 10.4. The van der Waals surface area contributed by atoms with Crippen LogP contribution in [0.1, 0.15) is 6.42 Å². The highest BCUT2D eigenvalue weighted by Gasteiger charge is 2.48. The van der Waals surface area contributed by atoms with Gasteiger partial charge in [0.05, 0.1) is 19.7 Å². The molecular formula is C7H16Cl2N2O2P+. The minimum absolute atomic E-state index is 0.459. The monoisotopic (exact) mass is 261 g/mol. The second-order valence-electron chi connectivity index (χ2n) is 2.97. The van der Waals surface area contributed by atoms with Gasteiger partial charge in [0.25, 0.3) is 0 Å². The van der Waals surface area contributed by atoms with E-state index in [1.165, 1.54) is 0 Å². The number of halogens is 2. The van der Waals surface area contributed by atoms with Gasteiger partial charge in [-0.05, 0) is 6.42 Å². The van der Waals surface area contributed by atoms with Gasteiger partial charge in [-0.15, -0.1) is 33.0 Å². The molecule has 0 aliphatic carbocycles. The fourth-order valence-electron chi connectivity index (χ4n) is 1.33. The minimum Gasteiger partial charge on any atom is -0.187 e. The summed E-state index contributed by atoms with van der Waals surface area (Å²) in [5.74, 6) is 0.953. The van der Waals surface area contributed by atoms with E-state index >= 15 is 0 Å². The van der Waals surface area contributed by atoms with Crippen molar-refractivity contribution in [1.29, 1.82) is 0 Å². The summed E-state index contributed by atoms with van der Waals surface area (Å²) in [7, 11) is -2.59. The molecule has 1 aliphatic rings. The molecule has 1 saturated heterocycles. The van der Waals surface area contributed by atoms with Crippen molar-refractivity contribution in [3.63, 3.8) is 0 Å². The third-order valence-electron chi connectivity index (χ3n) is 1.97. The fraction of sp³-hybridized carbons (Fsp3) is 1.00. The maximum Gasteiger partial charge on any atom is 0.431 e.